The van der Waals surface area contributed by atoms with E-state index in [-0.39, 0.29) is 11.3 Å². The van der Waals surface area contributed by atoms with Gasteiger partial charge in [-0.3, -0.25) is 4.79 Å². The van der Waals surface area contributed by atoms with Gasteiger partial charge >= 0.3 is 0 Å². The Morgan fingerprint density at radius 1 is 1.44 bits per heavy atom. The van der Waals surface area contributed by atoms with E-state index in [1.165, 1.54) is 0 Å². The van der Waals surface area contributed by atoms with Gasteiger partial charge in [-0.1, -0.05) is 20.8 Å². The molecule has 1 saturated heterocycles. The first-order chi connectivity index (χ1) is 7.46. The van der Waals surface area contributed by atoms with Crippen molar-refractivity contribution in [3.63, 3.8) is 0 Å². The number of hydrogen-bond acceptors (Lipinski definition) is 2. The van der Waals surface area contributed by atoms with Crippen molar-refractivity contribution >= 4 is 5.91 Å². The topological polar surface area (TPSA) is 41.1 Å². The van der Waals surface area contributed by atoms with Crippen molar-refractivity contribution in [2.75, 3.05) is 19.6 Å². The SMILES string of the molecule is CC(C)C(C)CNC(=O)C1(C)CCCNC1. The molecule has 2 atom stereocenters. The van der Waals surface area contributed by atoms with Crippen molar-refractivity contribution in [2.45, 2.75) is 40.5 Å². The van der Waals surface area contributed by atoms with Crippen LogP contribution < -0.4 is 10.6 Å². The number of carbonyl (C=O) groups is 1. The van der Waals surface area contributed by atoms with Gasteiger partial charge in [-0.2, -0.15) is 0 Å². The van der Waals surface area contributed by atoms with Crippen LogP contribution >= 0.6 is 0 Å². The fraction of sp³-hybridized carbons (Fsp3) is 0.923. The third-order valence-corrected chi connectivity index (χ3v) is 3.87. The Bertz CT molecular complexity index is 232. The molecule has 1 amide bonds. The van der Waals surface area contributed by atoms with E-state index in [2.05, 4.69) is 38.3 Å². The first-order valence-electron chi connectivity index (χ1n) is 6.45. The molecule has 2 N–H and O–H groups in total. The summed E-state index contributed by atoms with van der Waals surface area (Å²) in [4.78, 5) is 12.1. The molecule has 1 rings (SSSR count). The lowest BCUT2D eigenvalue weighted by Crippen LogP contribution is -2.49. The van der Waals surface area contributed by atoms with Gasteiger partial charge in [0.05, 0.1) is 5.41 Å². The maximum absolute atomic E-state index is 12.1. The molecule has 1 fully saturated rings. The smallest absolute Gasteiger partial charge is 0.227 e. The number of nitrogens with one attached hydrogen (secondary N) is 2. The van der Waals surface area contributed by atoms with E-state index in [9.17, 15) is 4.79 Å². The van der Waals surface area contributed by atoms with Crippen molar-refractivity contribution in [2.24, 2.45) is 17.3 Å². The van der Waals surface area contributed by atoms with Gasteiger partial charge in [-0.15, -0.1) is 0 Å². The van der Waals surface area contributed by atoms with Gasteiger partial charge in [0.2, 0.25) is 5.91 Å². The summed E-state index contributed by atoms with van der Waals surface area (Å²) in [5.74, 6) is 1.38. The fourth-order valence-electron chi connectivity index (χ4n) is 1.95. The second kappa shape index (κ2) is 5.67. The Balaban J connectivity index is 2.39. The molecule has 0 aromatic heterocycles. The van der Waals surface area contributed by atoms with E-state index in [1.54, 1.807) is 0 Å². The molecule has 1 aliphatic rings. The first-order valence-corrected chi connectivity index (χ1v) is 6.45. The van der Waals surface area contributed by atoms with Gasteiger partial charge in [0.25, 0.3) is 0 Å². The van der Waals surface area contributed by atoms with Crippen LogP contribution in [0.2, 0.25) is 0 Å². The zero-order chi connectivity index (χ0) is 12.2. The highest BCUT2D eigenvalue weighted by atomic mass is 16.2. The predicted molar refractivity (Wildman–Crippen MR) is 67.2 cm³/mol. The van der Waals surface area contributed by atoms with Crippen LogP contribution in [0.1, 0.15) is 40.5 Å². The van der Waals surface area contributed by atoms with E-state index in [4.69, 9.17) is 0 Å². The molecule has 2 unspecified atom stereocenters. The molecule has 0 bridgehead atoms. The summed E-state index contributed by atoms with van der Waals surface area (Å²) >= 11 is 0. The molecule has 3 heteroatoms. The lowest BCUT2D eigenvalue weighted by Gasteiger charge is -2.33. The van der Waals surface area contributed by atoms with Crippen LogP contribution in [0.5, 0.6) is 0 Å². The normalized spacial score (nSPS) is 27.8. The highest BCUT2D eigenvalue weighted by Crippen LogP contribution is 2.25. The Kier molecular flexibility index (Phi) is 4.78. The Morgan fingerprint density at radius 3 is 2.62 bits per heavy atom. The quantitative estimate of drug-likeness (QED) is 0.767. The van der Waals surface area contributed by atoms with E-state index in [1.807, 2.05) is 0 Å². The van der Waals surface area contributed by atoms with Crippen molar-refractivity contribution in [3.8, 4) is 0 Å². The average molecular weight is 226 g/mol. The summed E-state index contributed by atoms with van der Waals surface area (Å²) in [6.45, 7) is 11.3. The third-order valence-electron chi connectivity index (χ3n) is 3.87. The van der Waals surface area contributed by atoms with Gasteiger partial charge in [0.1, 0.15) is 0 Å². The number of rotatable bonds is 4. The summed E-state index contributed by atoms with van der Waals surface area (Å²) < 4.78 is 0. The maximum atomic E-state index is 12.1. The molecule has 1 heterocycles. The van der Waals surface area contributed by atoms with E-state index >= 15 is 0 Å². The maximum Gasteiger partial charge on any atom is 0.227 e. The highest BCUT2D eigenvalue weighted by molar-refractivity contribution is 5.82. The van der Waals surface area contributed by atoms with E-state index < -0.39 is 0 Å². The molecule has 0 aliphatic carbocycles. The van der Waals surface area contributed by atoms with Crippen molar-refractivity contribution in [1.82, 2.24) is 10.6 Å². The molecule has 0 radical (unpaired) electrons. The largest absolute Gasteiger partial charge is 0.355 e. The summed E-state index contributed by atoms with van der Waals surface area (Å²) in [6.07, 6.45) is 2.10. The summed E-state index contributed by atoms with van der Waals surface area (Å²) in [5, 5.41) is 6.40. The van der Waals surface area contributed by atoms with E-state index in [0.717, 1.165) is 32.5 Å². The first kappa shape index (κ1) is 13.5. The monoisotopic (exact) mass is 226 g/mol. The Morgan fingerprint density at radius 2 is 2.12 bits per heavy atom. The standard InChI is InChI=1S/C13H26N2O/c1-10(2)11(3)8-15-12(16)13(4)6-5-7-14-9-13/h10-11,14H,5-9H2,1-4H3,(H,15,16). The van der Waals surface area contributed by atoms with Crippen LogP contribution in [0.15, 0.2) is 0 Å². The molecule has 0 saturated carbocycles. The van der Waals surface area contributed by atoms with Crippen molar-refractivity contribution in [1.29, 1.82) is 0 Å². The lowest BCUT2D eigenvalue weighted by atomic mass is 9.81. The minimum Gasteiger partial charge on any atom is -0.355 e. The number of hydrogen-bond donors (Lipinski definition) is 2. The second-order valence-corrected chi connectivity index (χ2v) is 5.77. The molecule has 3 nitrogen and oxygen atoms in total. The van der Waals surface area contributed by atoms with Crippen molar-refractivity contribution < 1.29 is 4.79 Å². The van der Waals surface area contributed by atoms with E-state index in [0.29, 0.717) is 11.8 Å². The number of piperidine rings is 1. The summed E-state index contributed by atoms with van der Waals surface area (Å²) in [6, 6.07) is 0. The Labute approximate surface area is 99.4 Å². The molecule has 0 spiro atoms. The molecular weight excluding hydrogens is 200 g/mol. The molecule has 16 heavy (non-hydrogen) atoms. The van der Waals surface area contributed by atoms with Gasteiger partial charge in [0.15, 0.2) is 0 Å². The Hall–Kier alpha value is -0.570. The van der Waals surface area contributed by atoms with Crippen LogP contribution in [-0.2, 0) is 4.79 Å². The van der Waals surface area contributed by atoms with Crippen LogP contribution in [0.25, 0.3) is 0 Å². The van der Waals surface area contributed by atoms with Crippen LogP contribution in [-0.4, -0.2) is 25.5 Å². The summed E-state index contributed by atoms with van der Waals surface area (Å²) in [7, 11) is 0. The van der Waals surface area contributed by atoms with Crippen LogP contribution in [0.3, 0.4) is 0 Å². The third kappa shape index (κ3) is 3.48. The molecule has 0 aromatic rings. The minimum absolute atomic E-state index is 0.199. The summed E-state index contributed by atoms with van der Waals surface area (Å²) in [5.41, 5.74) is -0.199. The van der Waals surface area contributed by atoms with Crippen molar-refractivity contribution in [3.05, 3.63) is 0 Å². The lowest BCUT2D eigenvalue weighted by molar-refractivity contribution is -0.131. The van der Waals surface area contributed by atoms with Gasteiger partial charge < -0.3 is 10.6 Å². The molecule has 94 valence electrons. The molecule has 1 aliphatic heterocycles. The van der Waals surface area contributed by atoms with Crippen LogP contribution in [0.4, 0.5) is 0 Å². The predicted octanol–water partition coefficient (Wildman–Crippen LogP) is 1.78. The zero-order valence-electron chi connectivity index (χ0n) is 11.1. The second-order valence-electron chi connectivity index (χ2n) is 5.77. The van der Waals surface area contributed by atoms with Gasteiger partial charge in [0, 0.05) is 13.1 Å². The molecular formula is C13H26N2O. The zero-order valence-corrected chi connectivity index (χ0v) is 11.1. The van der Waals surface area contributed by atoms with Gasteiger partial charge in [-0.05, 0) is 38.1 Å². The number of amides is 1. The highest BCUT2D eigenvalue weighted by Gasteiger charge is 2.34. The van der Waals surface area contributed by atoms with Gasteiger partial charge in [-0.25, -0.2) is 0 Å². The average Bonchev–Trinajstić information content (AvgIpc) is 2.26. The minimum atomic E-state index is -0.199. The molecule has 0 aromatic carbocycles. The van der Waals surface area contributed by atoms with Crippen LogP contribution in [0, 0.1) is 17.3 Å². The fourth-order valence-corrected chi connectivity index (χ4v) is 1.95. The number of carbonyl (C=O) groups excluding carboxylic acids is 1.